The van der Waals surface area contributed by atoms with Gasteiger partial charge in [0.1, 0.15) is 5.82 Å². The third-order valence-electron chi connectivity index (χ3n) is 2.24. The summed E-state index contributed by atoms with van der Waals surface area (Å²) in [6.45, 7) is 0. The van der Waals surface area contributed by atoms with Crippen molar-refractivity contribution in [3.05, 3.63) is 59.8 Å². The first kappa shape index (κ1) is 12.5. The number of hydrogen-bond acceptors (Lipinski definition) is 2. The molecular weight excluding hydrogens is 227 g/mol. The molecule has 1 unspecified atom stereocenters. The second-order valence-electron chi connectivity index (χ2n) is 3.25. The quantitative estimate of drug-likeness (QED) is 0.873. The minimum absolute atomic E-state index is 0. The highest BCUT2D eigenvalue weighted by atomic mass is 35.5. The molecule has 2 rings (SSSR count). The number of hydrogen-bond donors (Lipinski definition) is 1. The molecule has 0 aliphatic heterocycles. The highest BCUT2D eigenvalue weighted by Gasteiger charge is 2.14. The van der Waals surface area contributed by atoms with Crippen molar-refractivity contribution in [3.63, 3.8) is 0 Å². The highest BCUT2D eigenvalue weighted by Crippen LogP contribution is 2.28. The molecule has 2 N–H and O–H groups in total. The second kappa shape index (κ2) is 5.47. The number of rotatable bonds is 2. The van der Waals surface area contributed by atoms with Crippen LogP contribution >= 0.6 is 12.4 Å². The number of pyridine rings is 1. The van der Waals surface area contributed by atoms with E-state index in [4.69, 9.17) is 5.73 Å². The number of nitrogen functional groups attached to an aromatic ring is 1. The molecule has 0 saturated heterocycles. The van der Waals surface area contributed by atoms with Crippen LogP contribution in [-0.2, 0) is 0 Å². The lowest BCUT2D eigenvalue weighted by atomic mass is 10.0. The summed E-state index contributed by atoms with van der Waals surface area (Å²) in [6.07, 6.45) is 0.344. The van der Waals surface area contributed by atoms with Crippen molar-refractivity contribution in [1.29, 1.82) is 0 Å². The Labute approximate surface area is 99.7 Å². The van der Waals surface area contributed by atoms with E-state index in [0.29, 0.717) is 11.1 Å². The minimum Gasteiger partial charge on any atom is -0.383 e. The SMILES string of the molecule is Cl.Nc1ncccc1C(F)c1ccccc1. The molecule has 0 spiro atoms. The molecule has 0 amide bonds. The molecule has 2 nitrogen and oxygen atoms in total. The highest BCUT2D eigenvalue weighted by molar-refractivity contribution is 5.85. The Morgan fingerprint density at radius 3 is 2.38 bits per heavy atom. The number of aromatic nitrogens is 1. The van der Waals surface area contributed by atoms with Crippen molar-refractivity contribution >= 4 is 18.2 Å². The zero-order valence-corrected chi connectivity index (χ0v) is 9.32. The van der Waals surface area contributed by atoms with Crippen LogP contribution in [0.15, 0.2) is 48.7 Å². The molecule has 0 fully saturated rings. The number of nitrogens with two attached hydrogens (primary N) is 1. The van der Waals surface area contributed by atoms with Crippen LogP contribution in [0.25, 0.3) is 0 Å². The van der Waals surface area contributed by atoms with Crippen molar-refractivity contribution in [2.45, 2.75) is 6.17 Å². The van der Waals surface area contributed by atoms with Crippen LogP contribution in [0.1, 0.15) is 17.3 Å². The molecule has 1 heterocycles. The van der Waals surface area contributed by atoms with Crippen LogP contribution in [-0.4, -0.2) is 4.98 Å². The average molecular weight is 239 g/mol. The molecule has 2 aromatic rings. The molecule has 84 valence electrons. The molecule has 4 heteroatoms. The summed E-state index contributed by atoms with van der Waals surface area (Å²) in [5.74, 6) is 0.244. The lowest BCUT2D eigenvalue weighted by molar-refractivity contribution is 0.402. The summed E-state index contributed by atoms with van der Waals surface area (Å²) in [5.41, 5.74) is 6.62. The normalized spacial score (nSPS) is 11.6. The predicted octanol–water partition coefficient (Wildman–Crippen LogP) is 3.14. The first-order valence-electron chi connectivity index (χ1n) is 4.68. The summed E-state index contributed by atoms with van der Waals surface area (Å²) in [5, 5.41) is 0. The summed E-state index contributed by atoms with van der Waals surface area (Å²) < 4.78 is 14.0. The average Bonchev–Trinajstić information content (AvgIpc) is 2.30. The van der Waals surface area contributed by atoms with Gasteiger partial charge in [0.25, 0.3) is 0 Å². The molecule has 0 aliphatic carbocycles. The van der Waals surface area contributed by atoms with Crippen LogP contribution < -0.4 is 5.73 Å². The first-order chi connectivity index (χ1) is 7.29. The smallest absolute Gasteiger partial charge is 0.154 e. The first-order valence-corrected chi connectivity index (χ1v) is 4.68. The monoisotopic (exact) mass is 238 g/mol. The molecule has 1 aromatic heterocycles. The number of halogens is 2. The van der Waals surface area contributed by atoms with Gasteiger partial charge in [-0.1, -0.05) is 36.4 Å². The van der Waals surface area contributed by atoms with Crippen LogP contribution in [0.4, 0.5) is 10.2 Å². The fraction of sp³-hybridized carbons (Fsp3) is 0.0833. The van der Waals surface area contributed by atoms with Gasteiger partial charge in [0.05, 0.1) is 0 Å². The fourth-order valence-corrected chi connectivity index (χ4v) is 1.45. The third kappa shape index (κ3) is 2.49. The van der Waals surface area contributed by atoms with Gasteiger partial charge in [-0.2, -0.15) is 0 Å². The van der Waals surface area contributed by atoms with Crippen molar-refractivity contribution in [2.75, 3.05) is 5.73 Å². The number of anilines is 1. The van der Waals surface area contributed by atoms with Crippen molar-refractivity contribution in [3.8, 4) is 0 Å². The van der Waals surface area contributed by atoms with Gasteiger partial charge >= 0.3 is 0 Å². The van der Waals surface area contributed by atoms with Crippen molar-refractivity contribution < 1.29 is 4.39 Å². The molecule has 1 aromatic carbocycles. The number of benzene rings is 1. The van der Waals surface area contributed by atoms with Gasteiger partial charge in [0, 0.05) is 11.8 Å². The molecule has 0 bridgehead atoms. The van der Waals surface area contributed by atoms with E-state index in [0.717, 1.165) is 0 Å². The predicted molar refractivity (Wildman–Crippen MR) is 65.3 cm³/mol. The lowest BCUT2D eigenvalue weighted by Crippen LogP contribution is -2.01. The maximum Gasteiger partial charge on any atom is 0.154 e. The van der Waals surface area contributed by atoms with Crippen molar-refractivity contribution in [2.24, 2.45) is 0 Å². The number of alkyl halides is 1. The van der Waals surface area contributed by atoms with Crippen molar-refractivity contribution in [1.82, 2.24) is 4.98 Å². The summed E-state index contributed by atoms with van der Waals surface area (Å²) in [6, 6.07) is 12.3. The second-order valence-corrected chi connectivity index (χ2v) is 3.25. The Morgan fingerprint density at radius 2 is 1.75 bits per heavy atom. The Bertz CT molecular complexity index is 448. The Hall–Kier alpha value is -1.61. The number of nitrogens with zero attached hydrogens (tertiary/aromatic N) is 1. The van der Waals surface area contributed by atoms with Gasteiger partial charge in [0.2, 0.25) is 0 Å². The van der Waals surface area contributed by atoms with Crippen LogP contribution in [0.2, 0.25) is 0 Å². The zero-order valence-electron chi connectivity index (χ0n) is 8.51. The van der Waals surface area contributed by atoms with E-state index in [1.54, 1.807) is 42.6 Å². The summed E-state index contributed by atoms with van der Waals surface area (Å²) in [4.78, 5) is 3.86. The van der Waals surface area contributed by atoms with Gasteiger partial charge < -0.3 is 5.73 Å². The molecule has 0 saturated carbocycles. The van der Waals surface area contributed by atoms with E-state index in [1.165, 1.54) is 0 Å². The van der Waals surface area contributed by atoms with Crippen LogP contribution in [0.5, 0.6) is 0 Å². The lowest BCUT2D eigenvalue weighted by Gasteiger charge is -2.10. The standard InChI is InChI=1S/C12H11FN2.ClH/c13-11(9-5-2-1-3-6-9)10-7-4-8-15-12(10)14;/h1-8,11H,(H2,14,15);1H. The van der Waals surface area contributed by atoms with Gasteiger partial charge in [-0.3, -0.25) is 0 Å². The van der Waals surface area contributed by atoms with E-state index in [1.807, 2.05) is 6.07 Å². The van der Waals surface area contributed by atoms with E-state index in [9.17, 15) is 4.39 Å². The molecule has 16 heavy (non-hydrogen) atoms. The summed E-state index contributed by atoms with van der Waals surface area (Å²) in [7, 11) is 0. The van der Waals surface area contributed by atoms with E-state index in [2.05, 4.69) is 4.98 Å². The molecule has 0 radical (unpaired) electrons. The van der Waals surface area contributed by atoms with Gasteiger partial charge in [0.15, 0.2) is 6.17 Å². The fourth-order valence-electron chi connectivity index (χ4n) is 1.45. The van der Waals surface area contributed by atoms with E-state index >= 15 is 0 Å². The van der Waals surface area contributed by atoms with E-state index < -0.39 is 6.17 Å². The Balaban J connectivity index is 0.00000128. The van der Waals surface area contributed by atoms with Gasteiger partial charge in [-0.25, -0.2) is 9.37 Å². The minimum atomic E-state index is -1.21. The van der Waals surface area contributed by atoms with Gasteiger partial charge in [-0.05, 0) is 11.6 Å². The molecule has 0 aliphatic rings. The molecule has 1 atom stereocenters. The van der Waals surface area contributed by atoms with Crippen LogP contribution in [0, 0.1) is 0 Å². The molecular formula is C12H12ClFN2. The van der Waals surface area contributed by atoms with Gasteiger partial charge in [-0.15, -0.1) is 12.4 Å². The largest absolute Gasteiger partial charge is 0.383 e. The Kier molecular flexibility index (Phi) is 4.26. The summed E-state index contributed by atoms with van der Waals surface area (Å²) >= 11 is 0. The third-order valence-corrected chi connectivity index (χ3v) is 2.24. The zero-order chi connectivity index (χ0) is 10.7. The van der Waals surface area contributed by atoms with E-state index in [-0.39, 0.29) is 18.2 Å². The maximum absolute atomic E-state index is 14.0. The topological polar surface area (TPSA) is 38.9 Å². The maximum atomic E-state index is 14.0. The van der Waals surface area contributed by atoms with Crippen LogP contribution in [0.3, 0.4) is 0 Å². The Morgan fingerprint density at radius 1 is 1.06 bits per heavy atom.